The molecule has 1 aliphatic carbocycles. The first-order valence-corrected chi connectivity index (χ1v) is 6.99. The molecule has 0 heterocycles. The van der Waals surface area contributed by atoms with E-state index in [1.807, 2.05) is 25.1 Å². The number of anilines is 2. The summed E-state index contributed by atoms with van der Waals surface area (Å²) >= 11 is 0. The number of hydrogen-bond donors (Lipinski definition) is 2. The third kappa shape index (κ3) is 3.95. The molecule has 1 aliphatic rings. The lowest BCUT2D eigenvalue weighted by Gasteiger charge is -2.21. The fraction of sp³-hybridized carbons (Fsp3) is 0.533. The van der Waals surface area contributed by atoms with Gasteiger partial charge in [0.25, 0.3) is 0 Å². The summed E-state index contributed by atoms with van der Waals surface area (Å²) in [4.78, 5) is 14.3. The number of benzene rings is 1. The Hall–Kier alpha value is -1.59. The van der Waals surface area contributed by atoms with E-state index < -0.39 is 0 Å². The lowest BCUT2D eigenvalue weighted by molar-refractivity contribution is -0.117. The molecule has 0 unspecified atom stereocenters. The molecule has 5 heteroatoms. The third-order valence-corrected chi connectivity index (χ3v) is 3.64. The van der Waals surface area contributed by atoms with E-state index >= 15 is 0 Å². The fourth-order valence-corrected chi connectivity index (χ4v) is 2.20. The van der Waals surface area contributed by atoms with Crippen molar-refractivity contribution in [2.24, 2.45) is 0 Å². The van der Waals surface area contributed by atoms with Crippen LogP contribution in [0, 0.1) is 6.92 Å². The van der Waals surface area contributed by atoms with Gasteiger partial charge >= 0.3 is 0 Å². The molecule has 0 atom stereocenters. The Bertz CT molecular complexity index is 472. The Labute approximate surface area is 120 Å². The van der Waals surface area contributed by atoms with Crippen LogP contribution in [0.4, 0.5) is 11.4 Å². The molecule has 1 amide bonds. The third-order valence-electron chi connectivity index (χ3n) is 3.64. The number of carbonyl (C=O) groups is 1. The van der Waals surface area contributed by atoms with Crippen molar-refractivity contribution in [2.45, 2.75) is 25.8 Å². The summed E-state index contributed by atoms with van der Waals surface area (Å²) in [5.74, 6) is 0.00158. The zero-order chi connectivity index (χ0) is 14.5. The number of nitrogens with one attached hydrogen (secondary N) is 1. The van der Waals surface area contributed by atoms with Gasteiger partial charge in [0, 0.05) is 31.1 Å². The van der Waals surface area contributed by atoms with Crippen molar-refractivity contribution in [3.8, 4) is 0 Å². The average Bonchev–Trinajstić information content (AvgIpc) is 3.24. The largest absolute Gasteiger partial charge is 0.398 e. The zero-order valence-electron chi connectivity index (χ0n) is 12.2. The number of ether oxygens (including phenoxy) is 1. The molecule has 3 N–H and O–H groups in total. The molecule has 1 aromatic rings. The maximum atomic E-state index is 12.1. The van der Waals surface area contributed by atoms with Crippen LogP contribution in [0.2, 0.25) is 0 Å². The number of nitrogen functional groups attached to an aromatic ring is 1. The van der Waals surface area contributed by atoms with Gasteiger partial charge in [-0.25, -0.2) is 0 Å². The normalized spacial score (nSPS) is 14.6. The standard InChI is InChI=1S/C15H23N3O2/c1-11-13(16)4-3-5-14(11)17-15(19)10-18(8-9-20-2)12-6-7-12/h3-5,12H,6-10,16H2,1-2H3,(H,17,19). The average molecular weight is 277 g/mol. The number of nitrogens with two attached hydrogens (primary N) is 1. The van der Waals surface area contributed by atoms with Crippen molar-refractivity contribution in [3.63, 3.8) is 0 Å². The highest BCUT2D eigenvalue weighted by Crippen LogP contribution is 2.26. The number of carbonyl (C=O) groups excluding carboxylic acids is 1. The molecule has 0 aliphatic heterocycles. The Morgan fingerprint density at radius 3 is 2.90 bits per heavy atom. The van der Waals surface area contributed by atoms with E-state index in [0.717, 1.165) is 17.8 Å². The molecule has 20 heavy (non-hydrogen) atoms. The first-order valence-electron chi connectivity index (χ1n) is 6.99. The summed E-state index contributed by atoms with van der Waals surface area (Å²) < 4.78 is 5.10. The number of methoxy groups -OCH3 is 1. The van der Waals surface area contributed by atoms with Crippen LogP contribution in [0.15, 0.2) is 18.2 Å². The Morgan fingerprint density at radius 1 is 1.50 bits per heavy atom. The van der Waals surface area contributed by atoms with Gasteiger partial charge in [-0.1, -0.05) is 6.07 Å². The van der Waals surface area contributed by atoms with E-state index in [2.05, 4.69) is 10.2 Å². The van der Waals surface area contributed by atoms with E-state index in [-0.39, 0.29) is 5.91 Å². The van der Waals surface area contributed by atoms with Gasteiger partial charge in [-0.2, -0.15) is 0 Å². The summed E-state index contributed by atoms with van der Waals surface area (Å²) in [5, 5.41) is 2.94. The first kappa shape index (κ1) is 14.8. The Kier molecular flexibility index (Phi) is 4.98. The first-order chi connectivity index (χ1) is 9.61. The van der Waals surface area contributed by atoms with Crippen LogP contribution in [0.5, 0.6) is 0 Å². The molecule has 1 aromatic carbocycles. The van der Waals surface area contributed by atoms with Crippen molar-refractivity contribution in [1.82, 2.24) is 4.90 Å². The van der Waals surface area contributed by atoms with Crippen LogP contribution >= 0.6 is 0 Å². The second kappa shape index (κ2) is 6.72. The van der Waals surface area contributed by atoms with Gasteiger partial charge in [-0.05, 0) is 37.5 Å². The van der Waals surface area contributed by atoms with Gasteiger partial charge < -0.3 is 15.8 Å². The minimum absolute atomic E-state index is 0.00158. The highest BCUT2D eigenvalue weighted by Gasteiger charge is 2.29. The molecule has 1 fully saturated rings. The van der Waals surface area contributed by atoms with Crippen molar-refractivity contribution in [1.29, 1.82) is 0 Å². The molecule has 1 saturated carbocycles. The smallest absolute Gasteiger partial charge is 0.238 e. The molecule has 0 saturated heterocycles. The second-order valence-corrected chi connectivity index (χ2v) is 5.26. The predicted octanol–water partition coefficient (Wildman–Crippen LogP) is 1.63. The predicted molar refractivity (Wildman–Crippen MR) is 80.7 cm³/mol. The molecule has 110 valence electrons. The highest BCUT2D eigenvalue weighted by atomic mass is 16.5. The van der Waals surface area contributed by atoms with E-state index in [9.17, 15) is 4.79 Å². The summed E-state index contributed by atoms with van der Waals surface area (Å²) in [6, 6.07) is 6.10. The van der Waals surface area contributed by atoms with E-state index in [0.29, 0.717) is 24.9 Å². The topological polar surface area (TPSA) is 67.6 Å². The van der Waals surface area contributed by atoms with Crippen LogP contribution in [0.3, 0.4) is 0 Å². The van der Waals surface area contributed by atoms with Gasteiger partial charge in [0.2, 0.25) is 5.91 Å². The van der Waals surface area contributed by atoms with Crippen LogP contribution in [-0.4, -0.2) is 43.7 Å². The van der Waals surface area contributed by atoms with Crippen LogP contribution in [0.25, 0.3) is 0 Å². The van der Waals surface area contributed by atoms with Crippen molar-refractivity contribution in [3.05, 3.63) is 23.8 Å². The number of amides is 1. The lowest BCUT2D eigenvalue weighted by atomic mass is 10.1. The molecule has 5 nitrogen and oxygen atoms in total. The maximum Gasteiger partial charge on any atom is 0.238 e. The van der Waals surface area contributed by atoms with Crippen molar-refractivity contribution in [2.75, 3.05) is 37.9 Å². The van der Waals surface area contributed by atoms with Crippen molar-refractivity contribution < 1.29 is 9.53 Å². The maximum absolute atomic E-state index is 12.1. The lowest BCUT2D eigenvalue weighted by Crippen LogP contribution is -2.37. The summed E-state index contributed by atoms with van der Waals surface area (Å²) in [6.07, 6.45) is 2.35. The minimum Gasteiger partial charge on any atom is -0.398 e. The molecular formula is C15H23N3O2. The molecule has 0 bridgehead atoms. The van der Waals surface area contributed by atoms with Crippen LogP contribution < -0.4 is 11.1 Å². The van der Waals surface area contributed by atoms with E-state index in [4.69, 9.17) is 10.5 Å². The SMILES string of the molecule is COCCN(CC(=O)Nc1cccc(N)c1C)C1CC1. The van der Waals surface area contributed by atoms with Crippen molar-refractivity contribution >= 4 is 17.3 Å². The van der Waals surface area contributed by atoms with Crippen LogP contribution in [-0.2, 0) is 9.53 Å². The molecular weight excluding hydrogens is 254 g/mol. The van der Waals surface area contributed by atoms with Gasteiger partial charge in [0.05, 0.1) is 13.2 Å². The molecule has 0 spiro atoms. The summed E-state index contributed by atoms with van der Waals surface area (Å²) in [6.45, 7) is 3.77. The number of hydrogen-bond acceptors (Lipinski definition) is 4. The fourth-order valence-electron chi connectivity index (χ4n) is 2.20. The minimum atomic E-state index is 0.00158. The Balaban J connectivity index is 1.92. The van der Waals surface area contributed by atoms with Gasteiger partial charge in [-0.15, -0.1) is 0 Å². The van der Waals surface area contributed by atoms with Gasteiger partial charge in [-0.3, -0.25) is 9.69 Å². The molecule has 2 rings (SSSR count). The van der Waals surface area contributed by atoms with E-state index in [1.165, 1.54) is 12.8 Å². The highest BCUT2D eigenvalue weighted by molar-refractivity contribution is 5.93. The zero-order valence-corrected chi connectivity index (χ0v) is 12.2. The second-order valence-electron chi connectivity index (χ2n) is 5.26. The molecule has 0 radical (unpaired) electrons. The van der Waals surface area contributed by atoms with E-state index in [1.54, 1.807) is 7.11 Å². The van der Waals surface area contributed by atoms with Gasteiger partial charge in [0.15, 0.2) is 0 Å². The Morgan fingerprint density at radius 2 is 2.25 bits per heavy atom. The number of nitrogens with zero attached hydrogens (tertiary/aromatic N) is 1. The molecule has 0 aromatic heterocycles. The summed E-state index contributed by atoms with van der Waals surface area (Å²) in [5.41, 5.74) is 8.24. The summed E-state index contributed by atoms with van der Waals surface area (Å²) in [7, 11) is 1.68. The quantitative estimate of drug-likeness (QED) is 0.743. The van der Waals surface area contributed by atoms with Gasteiger partial charge in [0.1, 0.15) is 0 Å². The van der Waals surface area contributed by atoms with Crippen LogP contribution in [0.1, 0.15) is 18.4 Å². The number of rotatable bonds is 7. The monoisotopic (exact) mass is 277 g/mol.